The molecule has 0 bridgehead atoms. The van der Waals surface area contributed by atoms with Crippen LogP contribution in [0.25, 0.3) is 0 Å². The van der Waals surface area contributed by atoms with E-state index < -0.39 is 6.23 Å². The first-order chi connectivity index (χ1) is 10.0. The second-order valence-corrected chi connectivity index (χ2v) is 6.89. The van der Waals surface area contributed by atoms with Crippen molar-refractivity contribution in [2.75, 3.05) is 26.0 Å². The average Bonchev–Trinajstić information content (AvgIpc) is 2.47. The largest absolute Gasteiger partial charge is 0.378 e. The monoisotopic (exact) mass is 322 g/mol. The Kier molecular flexibility index (Phi) is 13.9. The average molecular weight is 323 g/mol. The van der Waals surface area contributed by atoms with Crippen molar-refractivity contribution in [1.82, 2.24) is 10.8 Å². The van der Waals surface area contributed by atoms with Gasteiger partial charge < -0.3 is 9.84 Å². The highest BCUT2D eigenvalue weighted by Gasteiger charge is 2.16. The summed E-state index contributed by atoms with van der Waals surface area (Å²) < 4.78 is 5.61. The second-order valence-electron chi connectivity index (χ2n) is 5.34. The van der Waals surface area contributed by atoms with Crippen LogP contribution in [0.4, 0.5) is 0 Å². The highest BCUT2D eigenvalue weighted by molar-refractivity contribution is 7.99. The highest BCUT2D eigenvalue weighted by Crippen LogP contribution is 2.14. The van der Waals surface area contributed by atoms with E-state index in [-0.39, 0.29) is 12.1 Å². The Labute approximate surface area is 134 Å². The lowest BCUT2D eigenvalue weighted by atomic mass is 10.2. The van der Waals surface area contributed by atoms with Gasteiger partial charge in [-0.2, -0.15) is 17.2 Å². The minimum atomic E-state index is -0.612. The highest BCUT2D eigenvalue weighted by atomic mass is 32.2. The van der Waals surface area contributed by atoms with Crippen molar-refractivity contribution < 1.29 is 14.7 Å². The molecule has 5 nitrogen and oxygen atoms in total. The lowest BCUT2D eigenvalue weighted by Gasteiger charge is -2.24. The summed E-state index contributed by atoms with van der Waals surface area (Å²) in [6.07, 6.45) is 2.63. The Morgan fingerprint density at radius 3 is 2.52 bits per heavy atom. The number of thioether (sulfide) groups is 1. The number of hydrogen-bond donors (Lipinski definition) is 3. The van der Waals surface area contributed by atoms with Gasteiger partial charge in [0.1, 0.15) is 6.23 Å². The quantitative estimate of drug-likeness (QED) is 0.259. The Balaban J connectivity index is 3.59. The van der Waals surface area contributed by atoms with Gasteiger partial charge in [-0.15, -0.1) is 0 Å². The lowest BCUT2D eigenvalue weighted by Crippen LogP contribution is -2.47. The number of likely N-dealkylation sites (N-methyl/N-ethyl adjacent to an activating group) is 1. The molecule has 0 heterocycles. The molecule has 3 unspecified atom stereocenters. The number of nitrogens with one attached hydrogen (secondary N) is 2. The van der Waals surface area contributed by atoms with Crippen molar-refractivity contribution in [3.05, 3.63) is 0 Å². The zero-order valence-electron chi connectivity index (χ0n) is 14.2. The van der Waals surface area contributed by atoms with Crippen LogP contribution in [-0.2, 0) is 9.57 Å². The number of rotatable bonds is 14. The van der Waals surface area contributed by atoms with Crippen LogP contribution < -0.4 is 10.8 Å². The van der Waals surface area contributed by atoms with Crippen LogP contribution in [0.15, 0.2) is 0 Å². The van der Waals surface area contributed by atoms with Crippen molar-refractivity contribution in [3.63, 3.8) is 0 Å². The first kappa shape index (κ1) is 21.1. The molecular weight excluding hydrogens is 288 g/mol. The normalized spacial score (nSPS) is 17.4. The van der Waals surface area contributed by atoms with Gasteiger partial charge in [0, 0.05) is 11.0 Å². The summed E-state index contributed by atoms with van der Waals surface area (Å²) in [6, 6.07) is -0.122. The van der Waals surface area contributed by atoms with Gasteiger partial charge in [0.05, 0.1) is 25.4 Å². The molecule has 0 rings (SSSR count). The topological polar surface area (TPSA) is 62.8 Å². The first-order valence-electron chi connectivity index (χ1n) is 8.00. The summed E-state index contributed by atoms with van der Waals surface area (Å²) >= 11 is 1.96. The third-order valence-corrected chi connectivity index (χ3v) is 4.42. The summed E-state index contributed by atoms with van der Waals surface area (Å²) in [6.45, 7) is 9.75. The van der Waals surface area contributed by atoms with E-state index in [1.54, 1.807) is 7.05 Å². The smallest absolute Gasteiger partial charge is 0.122 e. The van der Waals surface area contributed by atoms with Crippen molar-refractivity contribution in [3.8, 4) is 0 Å². The predicted molar refractivity (Wildman–Crippen MR) is 90.5 cm³/mol. The zero-order valence-corrected chi connectivity index (χ0v) is 15.0. The van der Waals surface area contributed by atoms with E-state index in [2.05, 4.69) is 24.6 Å². The third kappa shape index (κ3) is 11.4. The van der Waals surface area contributed by atoms with Crippen LogP contribution in [0.3, 0.4) is 0 Å². The molecular formula is C15H34N2O3S. The maximum absolute atomic E-state index is 9.68. The van der Waals surface area contributed by atoms with Gasteiger partial charge in [-0.25, -0.2) is 0 Å². The minimum Gasteiger partial charge on any atom is -0.378 e. The molecule has 0 fully saturated rings. The van der Waals surface area contributed by atoms with E-state index >= 15 is 0 Å². The minimum absolute atomic E-state index is 0.0406. The molecule has 0 aromatic rings. The van der Waals surface area contributed by atoms with Crippen LogP contribution in [0.5, 0.6) is 0 Å². The fourth-order valence-corrected chi connectivity index (χ4v) is 2.88. The van der Waals surface area contributed by atoms with E-state index in [1.165, 1.54) is 12.8 Å². The van der Waals surface area contributed by atoms with Gasteiger partial charge in [0.15, 0.2) is 0 Å². The molecule has 0 aromatic heterocycles. The molecule has 128 valence electrons. The summed E-state index contributed by atoms with van der Waals surface area (Å²) in [4.78, 5) is 5.50. The molecule has 6 heteroatoms. The number of hydroxylamine groups is 1. The molecule has 0 amide bonds. The zero-order chi connectivity index (χ0) is 16.1. The van der Waals surface area contributed by atoms with Crippen LogP contribution >= 0.6 is 11.8 Å². The van der Waals surface area contributed by atoms with Crippen molar-refractivity contribution in [1.29, 1.82) is 0 Å². The van der Waals surface area contributed by atoms with Gasteiger partial charge in [0.2, 0.25) is 0 Å². The maximum Gasteiger partial charge on any atom is 0.122 e. The Hall–Kier alpha value is 0.150. The van der Waals surface area contributed by atoms with Gasteiger partial charge in [0.25, 0.3) is 0 Å². The number of aliphatic hydroxyl groups excluding tert-OH is 1. The lowest BCUT2D eigenvalue weighted by molar-refractivity contribution is -0.0907. The van der Waals surface area contributed by atoms with Crippen LogP contribution in [0.1, 0.15) is 47.0 Å². The van der Waals surface area contributed by atoms with Gasteiger partial charge in [-0.05, 0) is 26.8 Å². The number of ether oxygens (including phenoxy) is 1. The third-order valence-electron chi connectivity index (χ3n) is 3.22. The van der Waals surface area contributed by atoms with E-state index in [0.717, 1.165) is 18.8 Å². The van der Waals surface area contributed by atoms with E-state index in [4.69, 9.17) is 9.57 Å². The van der Waals surface area contributed by atoms with Crippen molar-refractivity contribution >= 4 is 11.8 Å². The molecule has 0 radical (unpaired) electrons. The maximum atomic E-state index is 9.68. The molecule has 0 saturated heterocycles. The van der Waals surface area contributed by atoms with Gasteiger partial charge >= 0.3 is 0 Å². The van der Waals surface area contributed by atoms with Gasteiger partial charge in [-0.3, -0.25) is 10.2 Å². The molecule has 3 N–H and O–H groups in total. The predicted octanol–water partition coefficient (Wildman–Crippen LogP) is 2.15. The van der Waals surface area contributed by atoms with E-state index in [0.29, 0.717) is 11.9 Å². The van der Waals surface area contributed by atoms with Crippen LogP contribution in [0.2, 0.25) is 0 Å². The summed E-state index contributed by atoms with van der Waals surface area (Å²) in [5, 5.41) is 13.2. The van der Waals surface area contributed by atoms with E-state index in [1.807, 2.05) is 25.6 Å². The summed E-state index contributed by atoms with van der Waals surface area (Å²) in [5.74, 6) is 1.03. The molecule has 0 aliphatic carbocycles. The Morgan fingerprint density at radius 1 is 1.24 bits per heavy atom. The first-order valence-corrected chi connectivity index (χ1v) is 9.05. The SMILES string of the molecule is CCCC(C)SCCOC[C@@H](C)ONC(CC)C(O)NC. The van der Waals surface area contributed by atoms with Crippen molar-refractivity contribution in [2.24, 2.45) is 0 Å². The van der Waals surface area contributed by atoms with Crippen LogP contribution in [0, 0.1) is 0 Å². The number of hydrogen-bond acceptors (Lipinski definition) is 6. The standard InChI is InChI=1S/C15H34N2O3S/c1-6-8-13(4)21-10-9-19-11-12(3)20-17-14(7-2)15(18)16-5/h12-18H,6-11H2,1-5H3/t12-,13?,14?,15?/m1/s1. The molecule has 0 aliphatic rings. The Morgan fingerprint density at radius 2 is 1.95 bits per heavy atom. The summed E-state index contributed by atoms with van der Waals surface area (Å²) in [7, 11) is 1.72. The van der Waals surface area contributed by atoms with Crippen LogP contribution in [-0.4, -0.2) is 54.7 Å². The fraction of sp³-hybridized carbons (Fsp3) is 1.00. The molecule has 4 atom stereocenters. The molecule has 0 spiro atoms. The summed E-state index contributed by atoms with van der Waals surface area (Å²) in [5.41, 5.74) is 2.90. The molecule has 0 saturated carbocycles. The molecule has 21 heavy (non-hydrogen) atoms. The number of aliphatic hydroxyl groups is 1. The van der Waals surface area contributed by atoms with E-state index in [9.17, 15) is 5.11 Å². The van der Waals surface area contributed by atoms with Crippen molar-refractivity contribution in [2.45, 2.75) is 70.6 Å². The molecule has 0 aromatic carbocycles. The second kappa shape index (κ2) is 13.8. The Bertz CT molecular complexity index is 235. The fourth-order valence-electron chi connectivity index (χ4n) is 1.86. The van der Waals surface area contributed by atoms with Gasteiger partial charge in [-0.1, -0.05) is 27.2 Å². The molecule has 0 aliphatic heterocycles.